The number of anilines is 1. The molecule has 8 heteroatoms. The van der Waals surface area contributed by atoms with Crippen LogP contribution in [0.4, 0.5) is 14.5 Å². The lowest BCUT2D eigenvalue weighted by molar-refractivity contribution is -0.233. The number of carbonyl (C=O) groups excluding carboxylic acids is 1. The molecule has 1 aliphatic heterocycles. The van der Waals surface area contributed by atoms with Crippen LogP contribution in [0.1, 0.15) is 38.7 Å². The van der Waals surface area contributed by atoms with Crippen LogP contribution >= 0.6 is 0 Å². The number of allylic oxidation sites excluding steroid dienone is 4. The molecule has 1 heterocycles. The molecule has 5 aliphatic rings. The molecule has 0 aromatic heterocycles. The minimum absolute atomic E-state index is 0.0596. The van der Waals surface area contributed by atoms with Gasteiger partial charge >= 0.3 is 5.97 Å². The molecule has 6 rings (SSSR count). The van der Waals surface area contributed by atoms with Crippen LogP contribution < -0.4 is 5.06 Å². The molecule has 6 nitrogen and oxygen atoms in total. The highest BCUT2D eigenvalue weighted by Gasteiger charge is 2.80. The average Bonchev–Trinajstić information content (AvgIpc) is 3.32. The van der Waals surface area contributed by atoms with E-state index in [9.17, 15) is 19.8 Å². The fraction of sp³-hybridized carbons (Fsp3) is 0.571. The molecule has 0 bridgehead atoms. The minimum atomic E-state index is -2.24. The van der Waals surface area contributed by atoms with Gasteiger partial charge in [-0.1, -0.05) is 30.7 Å². The van der Waals surface area contributed by atoms with Gasteiger partial charge in [-0.15, -0.1) is 0 Å². The number of aryl methyl sites for hydroxylation is 1. The van der Waals surface area contributed by atoms with Crippen molar-refractivity contribution in [1.82, 2.24) is 0 Å². The van der Waals surface area contributed by atoms with Gasteiger partial charge in [0.05, 0.1) is 18.3 Å². The zero-order valence-corrected chi connectivity index (χ0v) is 20.6. The molecule has 1 saturated heterocycles. The van der Waals surface area contributed by atoms with Gasteiger partial charge in [-0.2, -0.15) is 0 Å². The molecule has 1 unspecified atom stereocenters. The van der Waals surface area contributed by atoms with Gasteiger partial charge in [0.25, 0.3) is 0 Å². The quantitative estimate of drug-likeness (QED) is 0.637. The monoisotopic (exact) mass is 499 g/mol. The maximum atomic E-state index is 17.3. The van der Waals surface area contributed by atoms with Crippen molar-refractivity contribution in [2.24, 2.45) is 28.6 Å². The van der Waals surface area contributed by atoms with Crippen molar-refractivity contribution in [2.75, 3.05) is 11.6 Å². The number of alkyl halides is 2. The normalized spacial score (nSPS) is 47.1. The topological polar surface area (TPSA) is 87.1 Å². The van der Waals surface area contributed by atoms with Crippen molar-refractivity contribution < 1.29 is 33.4 Å². The molecule has 4 aliphatic carbocycles. The Morgan fingerprint density at radius 2 is 1.86 bits per heavy atom. The number of hydrogen-bond donors (Lipinski definition) is 2. The van der Waals surface area contributed by atoms with Crippen LogP contribution in [-0.2, 0) is 14.4 Å². The van der Waals surface area contributed by atoms with Gasteiger partial charge in [0.15, 0.2) is 11.5 Å². The van der Waals surface area contributed by atoms with E-state index in [0.717, 1.165) is 17.3 Å². The molecule has 36 heavy (non-hydrogen) atoms. The van der Waals surface area contributed by atoms with Crippen LogP contribution in [0.15, 0.2) is 48.1 Å². The average molecular weight is 500 g/mol. The molecule has 1 aromatic rings. The van der Waals surface area contributed by atoms with Gasteiger partial charge in [-0.25, -0.2) is 13.6 Å². The summed E-state index contributed by atoms with van der Waals surface area (Å²) in [4.78, 5) is 31.3. The number of carbonyl (C=O) groups is 2. The summed E-state index contributed by atoms with van der Waals surface area (Å²) >= 11 is 0. The third-order valence-electron chi connectivity index (χ3n) is 10.3. The summed E-state index contributed by atoms with van der Waals surface area (Å²) in [6.07, 6.45) is 0.676. The van der Waals surface area contributed by atoms with E-state index in [1.165, 1.54) is 12.2 Å². The molecule has 4 fully saturated rings. The van der Waals surface area contributed by atoms with E-state index in [1.807, 2.05) is 31.2 Å². The van der Waals surface area contributed by atoms with Gasteiger partial charge < -0.3 is 10.2 Å². The number of aliphatic hydroxyl groups excluding tert-OH is 1. The van der Waals surface area contributed by atoms with Crippen molar-refractivity contribution in [3.05, 3.63) is 53.6 Å². The summed E-state index contributed by atoms with van der Waals surface area (Å²) in [5, 5.41) is 23.6. The van der Waals surface area contributed by atoms with Gasteiger partial charge in [0.2, 0.25) is 5.60 Å². The lowest BCUT2D eigenvalue weighted by Crippen LogP contribution is -2.70. The van der Waals surface area contributed by atoms with Crippen molar-refractivity contribution >= 4 is 17.4 Å². The first kappa shape index (κ1) is 23.8. The van der Waals surface area contributed by atoms with E-state index in [1.54, 1.807) is 18.9 Å². The maximum absolute atomic E-state index is 17.3. The lowest BCUT2D eigenvalue weighted by Gasteiger charge is -2.62. The largest absolute Gasteiger partial charge is 0.479 e. The highest BCUT2D eigenvalue weighted by atomic mass is 19.1. The number of carboxylic acids is 1. The number of benzene rings is 1. The number of hydroxylamine groups is 1. The molecule has 0 amide bonds. The van der Waals surface area contributed by atoms with Crippen LogP contribution in [0.3, 0.4) is 0 Å². The number of ketones is 1. The summed E-state index contributed by atoms with van der Waals surface area (Å²) in [5.74, 6) is -3.46. The van der Waals surface area contributed by atoms with Crippen LogP contribution in [0, 0.1) is 35.5 Å². The number of rotatable bonds is 2. The second kappa shape index (κ2) is 7.25. The second-order valence-corrected chi connectivity index (χ2v) is 11.8. The second-order valence-electron chi connectivity index (χ2n) is 11.8. The summed E-state index contributed by atoms with van der Waals surface area (Å²) in [5.41, 5.74) is -4.69. The Hall–Kier alpha value is -2.58. The summed E-state index contributed by atoms with van der Waals surface area (Å²) < 4.78 is 32.9. The predicted octanol–water partition coefficient (Wildman–Crippen LogP) is 4.11. The van der Waals surface area contributed by atoms with Gasteiger partial charge in [-0.05, 0) is 68.9 Å². The van der Waals surface area contributed by atoms with Gasteiger partial charge in [0, 0.05) is 22.7 Å². The summed E-state index contributed by atoms with van der Waals surface area (Å²) in [6, 6.07) is 7.58. The zero-order valence-electron chi connectivity index (χ0n) is 20.6. The Balaban J connectivity index is 1.43. The molecule has 192 valence electrons. The highest BCUT2D eigenvalue weighted by Crippen LogP contribution is 2.72. The van der Waals surface area contributed by atoms with Crippen molar-refractivity contribution in [3.8, 4) is 0 Å². The maximum Gasteiger partial charge on any atom is 0.339 e. The first-order chi connectivity index (χ1) is 16.9. The van der Waals surface area contributed by atoms with Gasteiger partial charge in [-0.3, -0.25) is 14.7 Å². The van der Waals surface area contributed by atoms with Crippen LogP contribution in [0.5, 0.6) is 0 Å². The predicted molar refractivity (Wildman–Crippen MR) is 127 cm³/mol. The van der Waals surface area contributed by atoms with Gasteiger partial charge in [0.1, 0.15) is 6.17 Å². The van der Waals surface area contributed by atoms with Crippen molar-refractivity contribution in [3.63, 3.8) is 0 Å². The lowest BCUT2D eigenvalue weighted by atomic mass is 9.44. The molecule has 0 radical (unpaired) electrons. The van der Waals surface area contributed by atoms with Crippen molar-refractivity contribution in [1.29, 1.82) is 0 Å². The summed E-state index contributed by atoms with van der Waals surface area (Å²) in [6.45, 7) is 5.57. The first-order valence-electron chi connectivity index (χ1n) is 12.6. The van der Waals surface area contributed by atoms with E-state index in [2.05, 4.69) is 0 Å². The third-order valence-corrected chi connectivity index (χ3v) is 10.3. The molecular weight excluding hydrogens is 468 g/mol. The van der Waals surface area contributed by atoms with E-state index in [0.29, 0.717) is 13.0 Å². The SMILES string of the molecule is Cc1ccc(N2C[C@@H]3CC4[C@@H]5C[C@H](F)C6=CC(=O)C=C[C@]6(C)[C@@]5(F)[C@@H](O)C[C@]4(C)[C@]3(C(=O)O)O2)cc1. The fourth-order valence-electron chi connectivity index (χ4n) is 8.47. The third kappa shape index (κ3) is 2.62. The Morgan fingerprint density at radius 3 is 2.53 bits per heavy atom. The van der Waals surface area contributed by atoms with E-state index >= 15 is 8.78 Å². The molecule has 1 aromatic carbocycles. The Bertz CT molecular complexity index is 1210. The first-order valence-corrected chi connectivity index (χ1v) is 12.6. The number of aliphatic carboxylic acids is 1. The molecule has 3 saturated carbocycles. The number of halogens is 2. The number of carboxylic acid groups (broad SMARTS) is 1. The highest BCUT2D eigenvalue weighted by molar-refractivity contribution is 6.01. The number of nitrogens with zero attached hydrogens (tertiary/aromatic N) is 1. The van der Waals surface area contributed by atoms with Crippen LogP contribution in [0.25, 0.3) is 0 Å². The van der Waals surface area contributed by atoms with E-state index in [4.69, 9.17) is 4.84 Å². The minimum Gasteiger partial charge on any atom is -0.479 e. The fourth-order valence-corrected chi connectivity index (χ4v) is 8.47. The molecular formula is C28H31F2NO5. The Kier molecular flexibility index (Phi) is 4.80. The standard InChI is InChI=1S/C28H31F2NO5/c1-15-4-6-17(7-5-15)31-14-16-10-19-20-12-22(29)21-11-18(32)8-9-25(21,2)27(20,30)23(33)13-26(19,3)28(16,36-31)24(34)35/h4-9,11,16,19-20,22-23,33H,10,12-14H2,1-3H3,(H,34,35)/t16-,19?,20-,22-,23-,25-,26-,27-,28-/m0/s1. The Morgan fingerprint density at radius 1 is 1.17 bits per heavy atom. The summed E-state index contributed by atoms with van der Waals surface area (Å²) in [7, 11) is 0. The number of hydrogen-bond acceptors (Lipinski definition) is 5. The van der Waals surface area contributed by atoms with Crippen molar-refractivity contribution in [2.45, 2.75) is 63.6 Å². The van der Waals surface area contributed by atoms with E-state index in [-0.39, 0.29) is 18.4 Å². The molecule has 2 N–H and O–H groups in total. The number of aliphatic hydroxyl groups is 1. The smallest absolute Gasteiger partial charge is 0.339 e. The zero-order chi connectivity index (χ0) is 25.8. The Labute approximate surface area is 208 Å². The number of fused-ring (bicyclic) bond motifs is 7. The van der Waals surface area contributed by atoms with Crippen LogP contribution in [-0.4, -0.2) is 52.1 Å². The molecule has 0 spiro atoms. The molecule has 9 atom stereocenters. The van der Waals surface area contributed by atoms with E-state index < -0.39 is 63.9 Å². The van der Waals surface area contributed by atoms with Crippen LogP contribution in [0.2, 0.25) is 0 Å².